The first-order valence-electron chi connectivity index (χ1n) is 7.00. The average molecular weight is 297 g/mol. The Morgan fingerprint density at radius 3 is 2.65 bits per heavy atom. The van der Waals surface area contributed by atoms with E-state index in [2.05, 4.69) is 5.32 Å². The highest BCUT2D eigenvalue weighted by atomic mass is 35.5. The number of carbonyl (C=O) groups excluding carboxylic acids is 1. The Hall–Kier alpha value is -1.10. The molecule has 2 unspecified atom stereocenters. The second kappa shape index (κ2) is 7.07. The van der Waals surface area contributed by atoms with E-state index in [0.29, 0.717) is 5.02 Å². The maximum Gasteiger partial charge on any atom is 0.238 e. The molecule has 1 aromatic rings. The monoisotopic (exact) mass is 296 g/mol. The van der Waals surface area contributed by atoms with Gasteiger partial charge in [0.1, 0.15) is 0 Å². The van der Waals surface area contributed by atoms with Gasteiger partial charge in [-0.2, -0.15) is 0 Å². The van der Waals surface area contributed by atoms with E-state index in [-0.39, 0.29) is 24.6 Å². The SMILES string of the molecule is CN(CC(=O)Nc1ccc(Cl)cc1)C1CCCCC1O. The summed E-state index contributed by atoms with van der Waals surface area (Å²) in [7, 11) is 1.89. The molecule has 2 N–H and O–H groups in total. The number of benzene rings is 1. The summed E-state index contributed by atoms with van der Waals surface area (Å²) in [4.78, 5) is 13.9. The van der Waals surface area contributed by atoms with Crippen LogP contribution in [-0.4, -0.2) is 41.7 Å². The number of aliphatic hydroxyl groups is 1. The molecule has 0 spiro atoms. The molecule has 1 aliphatic rings. The van der Waals surface area contributed by atoms with Crippen LogP contribution >= 0.6 is 11.6 Å². The van der Waals surface area contributed by atoms with E-state index >= 15 is 0 Å². The number of hydrogen-bond donors (Lipinski definition) is 2. The molecule has 1 aromatic carbocycles. The van der Waals surface area contributed by atoms with Gasteiger partial charge < -0.3 is 10.4 Å². The molecule has 1 amide bonds. The maximum absolute atomic E-state index is 12.0. The van der Waals surface area contributed by atoms with E-state index in [1.54, 1.807) is 24.3 Å². The molecule has 0 aromatic heterocycles. The van der Waals surface area contributed by atoms with Crippen molar-refractivity contribution in [2.24, 2.45) is 0 Å². The van der Waals surface area contributed by atoms with E-state index in [4.69, 9.17) is 11.6 Å². The number of halogens is 1. The molecule has 110 valence electrons. The minimum absolute atomic E-state index is 0.0763. The Morgan fingerprint density at radius 1 is 1.35 bits per heavy atom. The second-order valence-corrected chi connectivity index (χ2v) is 5.83. The molecule has 0 bridgehead atoms. The van der Waals surface area contributed by atoms with Crippen molar-refractivity contribution in [3.8, 4) is 0 Å². The number of hydrogen-bond acceptors (Lipinski definition) is 3. The van der Waals surface area contributed by atoms with Crippen LogP contribution in [0.5, 0.6) is 0 Å². The van der Waals surface area contributed by atoms with E-state index in [1.165, 1.54) is 0 Å². The average Bonchev–Trinajstić information content (AvgIpc) is 2.41. The number of nitrogens with zero attached hydrogens (tertiary/aromatic N) is 1. The largest absolute Gasteiger partial charge is 0.391 e. The summed E-state index contributed by atoms with van der Waals surface area (Å²) >= 11 is 5.80. The summed E-state index contributed by atoms with van der Waals surface area (Å²) in [5.74, 6) is -0.0763. The van der Waals surface area contributed by atoms with Crippen molar-refractivity contribution >= 4 is 23.2 Å². The summed E-state index contributed by atoms with van der Waals surface area (Å²) in [6, 6.07) is 7.11. The number of carbonyl (C=O) groups is 1. The summed E-state index contributed by atoms with van der Waals surface area (Å²) in [6.45, 7) is 0.282. The fraction of sp³-hybridized carbons (Fsp3) is 0.533. The zero-order valence-electron chi connectivity index (χ0n) is 11.7. The van der Waals surface area contributed by atoms with Crippen molar-refractivity contribution in [3.05, 3.63) is 29.3 Å². The summed E-state index contributed by atoms with van der Waals surface area (Å²) in [5, 5.41) is 13.5. The molecule has 0 heterocycles. The van der Waals surface area contributed by atoms with Gasteiger partial charge in [0.05, 0.1) is 12.6 Å². The van der Waals surface area contributed by atoms with E-state index in [1.807, 2.05) is 11.9 Å². The Balaban J connectivity index is 1.85. The van der Waals surface area contributed by atoms with Crippen LogP contribution in [0.25, 0.3) is 0 Å². The molecule has 1 saturated carbocycles. The van der Waals surface area contributed by atoms with Crippen molar-refractivity contribution < 1.29 is 9.90 Å². The number of rotatable bonds is 4. The quantitative estimate of drug-likeness (QED) is 0.898. The predicted molar refractivity (Wildman–Crippen MR) is 81.0 cm³/mol. The molecule has 5 heteroatoms. The molecular weight excluding hydrogens is 276 g/mol. The first-order valence-corrected chi connectivity index (χ1v) is 7.38. The maximum atomic E-state index is 12.0. The van der Waals surface area contributed by atoms with Gasteiger partial charge in [0, 0.05) is 16.8 Å². The van der Waals surface area contributed by atoms with Gasteiger partial charge in [-0.15, -0.1) is 0 Å². The lowest BCUT2D eigenvalue weighted by Crippen LogP contribution is -2.46. The van der Waals surface area contributed by atoms with Gasteiger partial charge in [0.2, 0.25) is 5.91 Å². The molecule has 0 aliphatic heterocycles. The van der Waals surface area contributed by atoms with Crippen molar-refractivity contribution in [1.29, 1.82) is 0 Å². The van der Waals surface area contributed by atoms with Crippen LogP contribution in [0.1, 0.15) is 25.7 Å². The normalized spacial score (nSPS) is 22.8. The van der Waals surface area contributed by atoms with Crippen LogP contribution in [0, 0.1) is 0 Å². The third kappa shape index (κ3) is 4.20. The van der Waals surface area contributed by atoms with Gasteiger partial charge in [-0.3, -0.25) is 9.69 Å². The van der Waals surface area contributed by atoms with Crippen LogP contribution < -0.4 is 5.32 Å². The Kier molecular flexibility index (Phi) is 5.40. The summed E-state index contributed by atoms with van der Waals surface area (Å²) in [6.07, 6.45) is 3.64. The standard InChI is InChI=1S/C15H21ClN2O2/c1-18(13-4-2-3-5-14(13)19)10-15(20)17-12-8-6-11(16)7-9-12/h6-9,13-14,19H,2-5,10H2,1H3,(H,17,20). The molecule has 0 saturated heterocycles. The zero-order valence-corrected chi connectivity index (χ0v) is 12.4. The number of anilines is 1. The van der Waals surface area contributed by atoms with E-state index in [0.717, 1.165) is 31.4 Å². The van der Waals surface area contributed by atoms with Crippen LogP contribution in [0.15, 0.2) is 24.3 Å². The third-order valence-corrected chi connectivity index (χ3v) is 4.03. The van der Waals surface area contributed by atoms with Gasteiger partial charge in [-0.05, 0) is 44.2 Å². The smallest absolute Gasteiger partial charge is 0.238 e. The predicted octanol–water partition coefficient (Wildman–Crippen LogP) is 2.51. The Morgan fingerprint density at radius 2 is 2.00 bits per heavy atom. The zero-order chi connectivity index (χ0) is 14.5. The molecule has 1 aliphatic carbocycles. The van der Waals surface area contributed by atoms with Gasteiger partial charge in [0.15, 0.2) is 0 Å². The molecule has 2 atom stereocenters. The fourth-order valence-electron chi connectivity index (χ4n) is 2.68. The van der Waals surface area contributed by atoms with Gasteiger partial charge in [0.25, 0.3) is 0 Å². The fourth-order valence-corrected chi connectivity index (χ4v) is 2.81. The van der Waals surface area contributed by atoms with Gasteiger partial charge in [-0.25, -0.2) is 0 Å². The lowest BCUT2D eigenvalue weighted by molar-refractivity contribution is -0.118. The second-order valence-electron chi connectivity index (χ2n) is 5.39. The van der Waals surface area contributed by atoms with Crippen LogP contribution in [0.4, 0.5) is 5.69 Å². The molecule has 20 heavy (non-hydrogen) atoms. The first-order chi connectivity index (χ1) is 9.56. The summed E-state index contributed by atoms with van der Waals surface area (Å²) in [5.41, 5.74) is 0.733. The van der Waals surface area contributed by atoms with Gasteiger partial charge in [-0.1, -0.05) is 24.4 Å². The minimum atomic E-state index is -0.322. The van der Waals surface area contributed by atoms with Crippen molar-refractivity contribution in [1.82, 2.24) is 4.90 Å². The highest BCUT2D eigenvalue weighted by Crippen LogP contribution is 2.22. The number of nitrogens with one attached hydrogen (secondary N) is 1. The molecule has 0 radical (unpaired) electrons. The first kappa shape index (κ1) is 15.3. The highest BCUT2D eigenvalue weighted by Gasteiger charge is 2.27. The molecule has 1 fully saturated rings. The molecular formula is C15H21ClN2O2. The number of likely N-dealkylation sites (N-methyl/N-ethyl adjacent to an activating group) is 1. The van der Waals surface area contributed by atoms with E-state index < -0.39 is 0 Å². The highest BCUT2D eigenvalue weighted by molar-refractivity contribution is 6.30. The van der Waals surface area contributed by atoms with Crippen molar-refractivity contribution in [2.45, 2.75) is 37.8 Å². The minimum Gasteiger partial charge on any atom is -0.391 e. The van der Waals surface area contributed by atoms with E-state index in [9.17, 15) is 9.90 Å². The molecule has 2 rings (SSSR count). The summed E-state index contributed by atoms with van der Waals surface area (Å²) < 4.78 is 0. The van der Waals surface area contributed by atoms with Crippen LogP contribution in [0.2, 0.25) is 5.02 Å². The Labute approximate surface area is 124 Å². The number of aliphatic hydroxyl groups excluding tert-OH is 1. The lowest BCUT2D eigenvalue weighted by atomic mass is 9.91. The van der Waals surface area contributed by atoms with Crippen molar-refractivity contribution in [2.75, 3.05) is 18.9 Å². The third-order valence-electron chi connectivity index (χ3n) is 3.78. The van der Waals surface area contributed by atoms with Crippen LogP contribution in [-0.2, 0) is 4.79 Å². The van der Waals surface area contributed by atoms with Crippen LogP contribution in [0.3, 0.4) is 0 Å². The topological polar surface area (TPSA) is 52.6 Å². The van der Waals surface area contributed by atoms with Crippen molar-refractivity contribution in [3.63, 3.8) is 0 Å². The Bertz CT molecular complexity index is 450. The van der Waals surface area contributed by atoms with Gasteiger partial charge >= 0.3 is 0 Å². The lowest BCUT2D eigenvalue weighted by Gasteiger charge is -2.34. The molecule has 4 nitrogen and oxygen atoms in total. The number of amides is 1.